The molecule has 30 heavy (non-hydrogen) atoms. The first-order chi connectivity index (χ1) is 14.4. The van der Waals surface area contributed by atoms with Gasteiger partial charge in [-0.1, -0.05) is 30.3 Å². The van der Waals surface area contributed by atoms with E-state index >= 15 is 0 Å². The third-order valence-corrected chi connectivity index (χ3v) is 4.96. The van der Waals surface area contributed by atoms with Crippen LogP contribution in [0.5, 0.6) is 0 Å². The van der Waals surface area contributed by atoms with Gasteiger partial charge in [0.2, 0.25) is 11.7 Å². The van der Waals surface area contributed by atoms with Crippen LogP contribution >= 0.6 is 0 Å². The van der Waals surface area contributed by atoms with Crippen LogP contribution in [0.25, 0.3) is 11.3 Å². The zero-order chi connectivity index (χ0) is 21.1. The molecule has 3 aromatic rings. The summed E-state index contributed by atoms with van der Waals surface area (Å²) >= 11 is 0. The van der Waals surface area contributed by atoms with E-state index in [4.69, 9.17) is 0 Å². The van der Waals surface area contributed by atoms with Crippen molar-refractivity contribution < 1.29 is 18.0 Å². The number of nitrogens with zero attached hydrogens (tertiary/aromatic N) is 2. The van der Waals surface area contributed by atoms with E-state index in [-0.39, 0.29) is 34.7 Å². The van der Waals surface area contributed by atoms with E-state index in [2.05, 4.69) is 25.6 Å². The minimum absolute atomic E-state index is 0.0461. The molecule has 1 aromatic carbocycles. The Morgan fingerprint density at radius 3 is 2.70 bits per heavy atom. The first kappa shape index (κ1) is 20.1. The monoisotopic (exact) mass is 415 g/mol. The van der Waals surface area contributed by atoms with Crippen molar-refractivity contribution in [1.82, 2.24) is 20.3 Å². The van der Waals surface area contributed by atoms with E-state index in [9.17, 15) is 18.0 Å². The molecule has 0 radical (unpaired) electrons. The fourth-order valence-electron chi connectivity index (χ4n) is 3.44. The van der Waals surface area contributed by atoms with Crippen LogP contribution in [0.15, 0.2) is 48.8 Å². The first-order valence-corrected chi connectivity index (χ1v) is 9.62. The number of hydrogen-bond acceptors (Lipinski definition) is 5. The molecule has 1 saturated heterocycles. The maximum absolute atomic E-state index is 13.6. The molecule has 156 valence electrons. The van der Waals surface area contributed by atoms with Crippen LogP contribution in [0.1, 0.15) is 34.5 Å². The van der Waals surface area contributed by atoms with Gasteiger partial charge in [0, 0.05) is 36.1 Å². The number of H-pyrrole nitrogens is 1. The van der Waals surface area contributed by atoms with Crippen molar-refractivity contribution in [1.29, 1.82) is 0 Å². The highest BCUT2D eigenvalue weighted by molar-refractivity contribution is 6.08. The van der Waals surface area contributed by atoms with E-state index in [0.29, 0.717) is 12.1 Å². The number of ketones is 1. The number of aromatic amines is 1. The van der Waals surface area contributed by atoms with Gasteiger partial charge in [0.25, 0.3) is 0 Å². The summed E-state index contributed by atoms with van der Waals surface area (Å²) in [6.45, 7) is 1.61. The lowest BCUT2D eigenvalue weighted by molar-refractivity contribution is -0.137. The molecule has 1 aliphatic rings. The number of anilines is 1. The molecule has 1 fully saturated rings. The highest BCUT2D eigenvalue weighted by Crippen LogP contribution is 2.36. The van der Waals surface area contributed by atoms with Crippen molar-refractivity contribution in [3.8, 4) is 11.3 Å². The van der Waals surface area contributed by atoms with Crippen LogP contribution < -0.4 is 10.6 Å². The number of piperidine rings is 1. The van der Waals surface area contributed by atoms with Gasteiger partial charge in [0.1, 0.15) is 5.56 Å². The summed E-state index contributed by atoms with van der Waals surface area (Å²) in [6, 6.07) is 9.96. The maximum atomic E-state index is 13.6. The number of carbonyl (C=O) groups excluding carboxylic acids is 1. The van der Waals surface area contributed by atoms with E-state index in [1.54, 1.807) is 30.3 Å². The van der Waals surface area contributed by atoms with Crippen LogP contribution in [0.2, 0.25) is 0 Å². The zero-order valence-electron chi connectivity index (χ0n) is 16.0. The molecule has 0 aliphatic carbocycles. The molecule has 0 unspecified atom stereocenters. The van der Waals surface area contributed by atoms with Gasteiger partial charge in [0.15, 0.2) is 0 Å². The summed E-state index contributed by atoms with van der Waals surface area (Å²) < 4.78 is 40.7. The van der Waals surface area contributed by atoms with Crippen molar-refractivity contribution in [2.45, 2.75) is 25.1 Å². The number of halogens is 3. The molecule has 4 rings (SSSR count). The Balaban J connectivity index is 1.67. The Hall–Kier alpha value is -3.20. The molecule has 0 spiro atoms. The molecular formula is C21H20F3N5O. The second kappa shape index (κ2) is 8.27. The molecule has 6 nitrogen and oxygen atoms in total. The minimum Gasteiger partial charge on any atom is -0.358 e. The Morgan fingerprint density at radius 2 is 2.00 bits per heavy atom. The highest BCUT2D eigenvalue weighted by Gasteiger charge is 2.36. The molecular weight excluding hydrogens is 395 g/mol. The van der Waals surface area contributed by atoms with Crippen molar-refractivity contribution in [3.63, 3.8) is 0 Å². The first-order valence-electron chi connectivity index (χ1n) is 9.62. The number of nitrogens with one attached hydrogen (secondary N) is 3. The molecule has 0 saturated carbocycles. The number of rotatable bonds is 5. The van der Waals surface area contributed by atoms with Crippen LogP contribution in [-0.4, -0.2) is 39.9 Å². The zero-order valence-corrected chi connectivity index (χ0v) is 16.0. The SMILES string of the molecule is O=C(c1ccccc1)c1cc(-c2nc(N[C@H]3CCCNC3)ncc2C(F)(F)F)c[nH]1. The van der Waals surface area contributed by atoms with E-state index < -0.39 is 11.7 Å². The van der Waals surface area contributed by atoms with Gasteiger partial charge in [-0.2, -0.15) is 13.2 Å². The summed E-state index contributed by atoms with van der Waals surface area (Å²) in [6.07, 6.45) is -0.631. The predicted octanol–water partition coefficient (Wildman–Crippen LogP) is 3.89. The van der Waals surface area contributed by atoms with Crippen molar-refractivity contribution in [3.05, 3.63) is 65.6 Å². The molecule has 2 aromatic heterocycles. The van der Waals surface area contributed by atoms with E-state index in [1.807, 2.05) is 0 Å². The van der Waals surface area contributed by atoms with Gasteiger partial charge in [0.05, 0.1) is 11.4 Å². The molecule has 9 heteroatoms. The molecule has 3 N–H and O–H groups in total. The summed E-state index contributed by atoms with van der Waals surface area (Å²) in [5.41, 5.74) is -0.417. The lowest BCUT2D eigenvalue weighted by Crippen LogP contribution is -2.38. The largest absolute Gasteiger partial charge is 0.419 e. The summed E-state index contributed by atoms with van der Waals surface area (Å²) in [5, 5.41) is 6.32. The predicted molar refractivity (Wildman–Crippen MR) is 106 cm³/mol. The standard InChI is InChI=1S/C21H20F3N5O/c22-21(23,24)16-12-27-20(28-15-7-4-8-25-11-15)29-18(16)14-9-17(26-10-14)19(30)13-5-2-1-3-6-13/h1-3,5-6,9-10,12,15,25-26H,4,7-8,11H2,(H,27,28,29)/t15-/m0/s1. The van der Waals surface area contributed by atoms with Gasteiger partial charge >= 0.3 is 6.18 Å². The molecule has 0 bridgehead atoms. The number of benzene rings is 1. The number of alkyl halides is 3. The second-order valence-electron chi connectivity index (χ2n) is 7.14. The molecule has 0 amide bonds. The third-order valence-electron chi connectivity index (χ3n) is 4.96. The van der Waals surface area contributed by atoms with Crippen LogP contribution in [0, 0.1) is 0 Å². The van der Waals surface area contributed by atoms with Gasteiger partial charge in [-0.15, -0.1) is 0 Å². The topological polar surface area (TPSA) is 82.7 Å². The Labute approximate surface area is 171 Å². The number of aromatic nitrogens is 3. The lowest BCUT2D eigenvalue weighted by atomic mass is 10.1. The highest BCUT2D eigenvalue weighted by atomic mass is 19.4. The van der Waals surface area contributed by atoms with Crippen molar-refractivity contribution >= 4 is 11.7 Å². The van der Waals surface area contributed by atoms with Crippen LogP contribution in [0.3, 0.4) is 0 Å². The Kier molecular flexibility index (Phi) is 5.54. The Bertz CT molecular complexity index is 1030. The maximum Gasteiger partial charge on any atom is 0.419 e. The number of hydrogen-bond donors (Lipinski definition) is 3. The van der Waals surface area contributed by atoms with E-state index in [1.165, 1.54) is 12.3 Å². The van der Waals surface area contributed by atoms with Crippen molar-refractivity contribution in [2.75, 3.05) is 18.4 Å². The third kappa shape index (κ3) is 4.35. The molecule has 3 heterocycles. The summed E-state index contributed by atoms with van der Waals surface area (Å²) in [7, 11) is 0. The van der Waals surface area contributed by atoms with E-state index in [0.717, 1.165) is 25.6 Å². The smallest absolute Gasteiger partial charge is 0.358 e. The fourth-order valence-corrected chi connectivity index (χ4v) is 3.44. The summed E-state index contributed by atoms with van der Waals surface area (Å²) in [4.78, 5) is 23.4. The second-order valence-corrected chi connectivity index (χ2v) is 7.14. The normalized spacial score (nSPS) is 17.0. The van der Waals surface area contributed by atoms with Gasteiger partial charge in [-0.05, 0) is 25.5 Å². The number of carbonyl (C=O) groups is 1. The van der Waals surface area contributed by atoms with Gasteiger partial charge < -0.3 is 15.6 Å². The van der Waals surface area contributed by atoms with Gasteiger partial charge in [-0.3, -0.25) is 4.79 Å². The average molecular weight is 415 g/mol. The average Bonchev–Trinajstić information content (AvgIpc) is 3.24. The van der Waals surface area contributed by atoms with Crippen molar-refractivity contribution in [2.24, 2.45) is 0 Å². The quantitative estimate of drug-likeness (QED) is 0.551. The molecule has 1 atom stereocenters. The Morgan fingerprint density at radius 1 is 1.20 bits per heavy atom. The van der Waals surface area contributed by atoms with Crippen LogP contribution in [-0.2, 0) is 6.18 Å². The van der Waals surface area contributed by atoms with Gasteiger partial charge in [-0.25, -0.2) is 9.97 Å². The minimum atomic E-state index is -4.62. The fraction of sp³-hybridized carbons (Fsp3) is 0.286. The lowest BCUT2D eigenvalue weighted by Gasteiger charge is -2.24. The molecule has 1 aliphatic heterocycles. The summed E-state index contributed by atoms with van der Waals surface area (Å²) in [5.74, 6) is -0.181. The van der Waals surface area contributed by atoms with Crippen LogP contribution in [0.4, 0.5) is 19.1 Å².